The van der Waals surface area contributed by atoms with Crippen LogP contribution in [-0.2, 0) is 28.4 Å². The van der Waals surface area contributed by atoms with Gasteiger partial charge in [-0.2, -0.15) is 0 Å². The summed E-state index contributed by atoms with van der Waals surface area (Å²) in [6.07, 6.45) is 3.02. The van der Waals surface area contributed by atoms with Gasteiger partial charge in [-0.3, -0.25) is 0 Å². The molecule has 0 spiro atoms. The highest BCUT2D eigenvalue weighted by molar-refractivity contribution is 6.35. The molecule has 0 N–H and O–H groups in total. The van der Waals surface area contributed by atoms with Crippen molar-refractivity contribution in [3.8, 4) is 11.5 Å². The van der Waals surface area contributed by atoms with Crippen LogP contribution in [0, 0.1) is 0 Å². The molecular weight excluding hydrogens is 489 g/mol. The largest absolute Gasteiger partial charge is 0.491 e. The van der Waals surface area contributed by atoms with Crippen LogP contribution in [0.1, 0.15) is 11.1 Å². The number of aromatic nitrogens is 3. The van der Waals surface area contributed by atoms with Gasteiger partial charge in [0.1, 0.15) is 37.4 Å². The van der Waals surface area contributed by atoms with Gasteiger partial charge in [0.15, 0.2) is 0 Å². The van der Waals surface area contributed by atoms with Gasteiger partial charge in [0.25, 0.3) is 0 Å². The van der Waals surface area contributed by atoms with Gasteiger partial charge in [-0.05, 0) is 42.0 Å². The average molecular weight is 512 g/mol. The molecule has 2 atom stereocenters. The minimum atomic E-state index is -1.14. The standard InChI is InChI=1S/C26H23Cl2N3O4/c27-20-6-11-24(25(28)14-20)26(18-31-13-12-29-30-31)34-17-23(35-26)16-33-22-9-7-21(8-10-22)32-15-19-4-2-1-3-5-19/h1-14,23H,15-18H2. The average Bonchev–Trinajstić information content (AvgIpc) is 3.53. The number of hydrogen-bond donors (Lipinski definition) is 0. The van der Waals surface area contributed by atoms with E-state index in [2.05, 4.69) is 10.3 Å². The summed E-state index contributed by atoms with van der Waals surface area (Å²) >= 11 is 12.6. The van der Waals surface area contributed by atoms with E-state index in [0.29, 0.717) is 41.2 Å². The van der Waals surface area contributed by atoms with Gasteiger partial charge in [-0.15, -0.1) is 5.10 Å². The predicted molar refractivity (Wildman–Crippen MR) is 132 cm³/mol. The van der Waals surface area contributed by atoms with Crippen molar-refractivity contribution in [2.75, 3.05) is 13.2 Å². The zero-order valence-corrected chi connectivity index (χ0v) is 20.2. The molecule has 1 aliphatic rings. The van der Waals surface area contributed by atoms with E-state index in [0.717, 1.165) is 11.3 Å². The fourth-order valence-electron chi connectivity index (χ4n) is 3.85. The minimum absolute atomic E-state index is 0.276. The van der Waals surface area contributed by atoms with Crippen LogP contribution in [0.4, 0.5) is 0 Å². The summed E-state index contributed by atoms with van der Waals surface area (Å²) in [4.78, 5) is 0. The van der Waals surface area contributed by atoms with E-state index < -0.39 is 5.79 Å². The lowest BCUT2D eigenvalue weighted by atomic mass is 10.1. The Kier molecular flexibility index (Phi) is 7.20. The van der Waals surface area contributed by atoms with Crippen molar-refractivity contribution in [2.45, 2.75) is 25.0 Å². The second-order valence-electron chi connectivity index (χ2n) is 8.09. The third-order valence-electron chi connectivity index (χ3n) is 5.55. The van der Waals surface area contributed by atoms with Crippen LogP contribution < -0.4 is 9.47 Å². The van der Waals surface area contributed by atoms with E-state index in [4.69, 9.17) is 42.1 Å². The van der Waals surface area contributed by atoms with Gasteiger partial charge in [-0.1, -0.05) is 64.8 Å². The molecule has 1 fully saturated rings. The maximum Gasteiger partial charge on any atom is 0.217 e. The summed E-state index contributed by atoms with van der Waals surface area (Å²) in [5, 5.41) is 8.90. The molecule has 35 heavy (non-hydrogen) atoms. The van der Waals surface area contributed by atoms with E-state index in [-0.39, 0.29) is 12.6 Å². The number of nitrogens with zero attached hydrogens (tertiary/aromatic N) is 3. The van der Waals surface area contributed by atoms with Crippen LogP contribution in [0.5, 0.6) is 11.5 Å². The molecule has 9 heteroatoms. The van der Waals surface area contributed by atoms with Crippen LogP contribution in [0.3, 0.4) is 0 Å². The highest BCUT2D eigenvalue weighted by atomic mass is 35.5. The Labute approximate surface area is 213 Å². The van der Waals surface area contributed by atoms with Crippen LogP contribution >= 0.6 is 23.2 Å². The summed E-state index contributed by atoms with van der Waals surface area (Å²) in [6, 6.07) is 22.8. The van der Waals surface area contributed by atoms with Gasteiger partial charge < -0.3 is 18.9 Å². The van der Waals surface area contributed by atoms with Crippen molar-refractivity contribution in [2.24, 2.45) is 0 Å². The molecule has 0 aliphatic carbocycles. The molecule has 0 saturated carbocycles. The van der Waals surface area contributed by atoms with Crippen molar-refractivity contribution in [1.82, 2.24) is 15.0 Å². The smallest absolute Gasteiger partial charge is 0.217 e. The number of ether oxygens (including phenoxy) is 4. The summed E-state index contributed by atoms with van der Waals surface area (Å²) in [7, 11) is 0. The fourth-order valence-corrected chi connectivity index (χ4v) is 4.40. The molecule has 3 aromatic carbocycles. The van der Waals surface area contributed by atoms with E-state index in [1.54, 1.807) is 35.3 Å². The lowest BCUT2D eigenvalue weighted by Crippen LogP contribution is -2.35. The van der Waals surface area contributed by atoms with E-state index >= 15 is 0 Å². The molecular formula is C26H23Cl2N3O4. The van der Waals surface area contributed by atoms with Crippen molar-refractivity contribution >= 4 is 23.2 Å². The van der Waals surface area contributed by atoms with Gasteiger partial charge in [0, 0.05) is 16.8 Å². The van der Waals surface area contributed by atoms with Gasteiger partial charge >= 0.3 is 0 Å². The Hall–Kier alpha value is -3.10. The quantitative estimate of drug-likeness (QED) is 0.295. The van der Waals surface area contributed by atoms with E-state index in [1.165, 1.54) is 0 Å². The summed E-state index contributed by atoms with van der Waals surface area (Å²) in [6.45, 7) is 1.41. The number of hydrogen-bond acceptors (Lipinski definition) is 6. The molecule has 0 radical (unpaired) electrons. The Balaban J connectivity index is 1.22. The Morgan fingerprint density at radius 1 is 0.971 bits per heavy atom. The molecule has 7 nitrogen and oxygen atoms in total. The molecule has 0 bridgehead atoms. The highest BCUT2D eigenvalue weighted by Crippen LogP contribution is 2.40. The third-order valence-corrected chi connectivity index (χ3v) is 6.10. The summed E-state index contributed by atoms with van der Waals surface area (Å²) < 4.78 is 26.0. The minimum Gasteiger partial charge on any atom is -0.491 e. The molecule has 1 saturated heterocycles. The molecule has 1 aromatic heterocycles. The van der Waals surface area contributed by atoms with Crippen molar-refractivity contribution < 1.29 is 18.9 Å². The topological polar surface area (TPSA) is 67.6 Å². The summed E-state index contributed by atoms with van der Waals surface area (Å²) in [5.74, 6) is 0.336. The Morgan fingerprint density at radius 2 is 1.74 bits per heavy atom. The Morgan fingerprint density at radius 3 is 2.46 bits per heavy atom. The zero-order valence-electron chi connectivity index (χ0n) is 18.7. The first-order chi connectivity index (χ1) is 17.1. The van der Waals surface area contributed by atoms with Crippen LogP contribution in [-0.4, -0.2) is 34.3 Å². The molecule has 4 aromatic rings. The summed E-state index contributed by atoms with van der Waals surface area (Å²) in [5.41, 5.74) is 1.78. The van der Waals surface area contributed by atoms with Crippen LogP contribution in [0.2, 0.25) is 10.0 Å². The fraction of sp³-hybridized carbons (Fsp3) is 0.231. The highest BCUT2D eigenvalue weighted by Gasteiger charge is 2.45. The zero-order chi connectivity index (χ0) is 24.1. The molecule has 0 amide bonds. The molecule has 1 aliphatic heterocycles. The molecule has 2 heterocycles. The first-order valence-corrected chi connectivity index (χ1v) is 11.9. The van der Waals surface area contributed by atoms with E-state index in [9.17, 15) is 0 Å². The van der Waals surface area contributed by atoms with Crippen molar-refractivity contribution in [1.29, 1.82) is 0 Å². The number of rotatable bonds is 9. The van der Waals surface area contributed by atoms with Crippen LogP contribution in [0.15, 0.2) is 85.2 Å². The van der Waals surface area contributed by atoms with Gasteiger partial charge in [-0.25, -0.2) is 4.68 Å². The predicted octanol–water partition coefficient (Wildman–Crippen LogP) is 5.51. The Bertz CT molecular complexity index is 1240. The van der Waals surface area contributed by atoms with Crippen molar-refractivity contribution in [3.63, 3.8) is 0 Å². The number of benzene rings is 3. The first kappa shape index (κ1) is 23.6. The second kappa shape index (κ2) is 10.7. The molecule has 5 rings (SSSR count). The second-order valence-corrected chi connectivity index (χ2v) is 8.93. The SMILES string of the molecule is Clc1ccc(C2(Cn3ccnn3)OCC(COc3ccc(OCc4ccccc4)cc3)O2)c(Cl)c1. The van der Waals surface area contributed by atoms with E-state index in [1.807, 2.05) is 54.6 Å². The lowest BCUT2D eigenvalue weighted by Gasteiger charge is -2.29. The van der Waals surface area contributed by atoms with Crippen molar-refractivity contribution in [3.05, 3.63) is 106 Å². The maximum absolute atomic E-state index is 6.51. The normalized spacial score (nSPS) is 19.5. The monoisotopic (exact) mass is 511 g/mol. The van der Waals surface area contributed by atoms with Crippen LogP contribution in [0.25, 0.3) is 0 Å². The third kappa shape index (κ3) is 5.77. The first-order valence-electron chi connectivity index (χ1n) is 11.1. The maximum atomic E-state index is 6.51. The molecule has 180 valence electrons. The van der Waals surface area contributed by atoms with Gasteiger partial charge in [0.05, 0.1) is 17.8 Å². The lowest BCUT2D eigenvalue weighted by molar-refractivity contribution is -0.190. The van der Waals surface area contributed by atoms with Gasteiger partial charge in [0.2, 0.25) is 5.79 Å². The molecule has 2 unspecified atom stereocenters. The number of halogens is 2.